The molecule has 0 spiro atoms. The molecule has 0 bridgehead atoms. The topological polar surface area (TPSA) is 37.8 Å². The fourth-order valence-corrected chi connectivity index (χ4v) is 1.29. The van der Waals surface area contributed by atoms with Crippen molar-refractivity contribution in [2.75, 3.05) is 17.7 Å². The van der Waals surface area contributed by atoms with E-state index in [1.165, 1.54) is 0 Å². The molecule has 1 aromatic rings. The largest absolute Gasteiger partial charge is 0.445 e. The molecule has 1 rings (SSSR count). The summed E-state index contributed by atoms with van der Waals surface area (Å²) in [6, 6.07) is 0. The first-order valence-corrected chi connectivity index (χ1v) is 4.59. The molecule has 0 aliphatic carbocycles. The molecule has 1 N–H and O–H groups in total. The van der Waals surface area contributed by atoms with E-state index in [1.807, 2.05) is 0 Å². The van der Waals surface area contributed by atoms with Gasteiger partial charge in [-0.25, -0.2) is 0 Å². The number of hydrogen-bond donors (Lipinski definition) is 1. The number of aromatic nitrogens is 2. The van der Waals surface area contributed by atoms with Crippen LogP contribution < -0.4 is 5.32 Å². The van der Waals surface area contributed by atoms with Crippen molar-refractivity contribution in [3.05, 3.63) is 5.01 Å². The minimum atomic E-state index is -4.42. The number of anilines is 1. The van der Waals surface area contributed by atoms with E-state index in [1.54, 1.807) is 0 Å². The van der Waals surface area contributed by atoms with Gasteiger partial charge in [-0.1, -0.05) is 11.3 Å². The number of hydrogen-bond acceptors (Lipinski definition) is 4. The highest BCUT2D eigenvalue weighted by atomic mass is 35.5. The summed E-state index contributed by atoms with van der Waals surface area (Å²) in [5, 5.41) is 8.06. The molecule has 1 heterocycles. The summed E-state index contributed by atoms with van der Waals surface area (Å²) < 4.78 is 35.9. The summed E-state index contributed by atoms with van der Waals surface area (Å²) >= 11 is 5.78. The standard InChI is InChI=1S/C5H5ClF3N3S/c6-1-2-10-4-12-11-3(13-4)5(7,8)9/h1-2H2,(H,10,12). The van der Waals surface area contributed by atoms with E-state index in [9.17, 15) is 13.2 Å². The van der Waals surface area contributed by atoms with Gasteiger partial charge in [-0.2, -0.15) is 13.2 Å². The van der Waals surface area contributed by atoms with Crippen LogP contribution in [0.4, 0.5) is 18.3 Å². The summed E-state index contributed by atoms with van der Waals surface area (Å²) in [6.07, 6.45) is -4.42. The van der Waals surface area contributed by atoms with Gasteiger partial charge in [0, 0.05) is 12.4 Å². The van der Waals surface area contributed by atoms with E-state index in [-0.39, 0.29) is 5.13 Å². The van der Waals surface area contributed by atoms with Gasteiger partial charge in [-0.05, 0) is 0 Å². The SMILES string of the molecule is FC(F)(F)c1nnc(NCCCl)s1. The Morgan fingerprint density at radius 3 is 2.54 bits per heavy atom. The minimum absolute atomic E-state index is 0.132. The molecule has 0 atom stereocenters. The third kappa shape index (κ3) is 3.00. The molecule has 0 radical (unpaired) electrons. The Morgan fingerprint density at radius 1 is 1.38 bits per heavy atom. The summed E-state index contributed by atoms with van der Waals surface area (Å²) in [7, 11) is 0. The lowest BCUT2D eigenvalue weighted by molar-refractivity contribution is -0.138. The number of nitrogens with one attached hydrogen (secondary N) is 1. The van der Waals surface area contributed by atoms with Crippen LogP contribution in [-0.4, -0.2) is 22.6 Å². The second-order valence-electron chi connectivity index (χ2n) is 2.03. The molecule has 0 fully saturated rings. The average Bonchev–Trinajstić information content (AvgIpc) is 2.47. The van der Waals surface area contributed by atoms with Crippen LogP contribution in [0.25, 0.3) is 0 Å². The van der Waals surface area contributed by atoms with Crippen molar-refractivity contribution >= 4 is 28.1 Å². The lowest BCUT2D eigenvalue weighted by atomic mass is 10.7. The van der Waals surface area contributed by atoms with Gasteiger partial charge in [0.1, 0.15) is 0 Å². The number of halogens is 4. The first-order chi connectivity index (χ1) is 6.04. The second kappa shape index (κ2) is 4.10. The number of alkyl halides is 4. The quantitative estimate of drug-likeness (QED) is 0.811. The maximum Gasteiger partial charge on any atom is 0.445 e. The van der Waals surface area contributed by atoms with E-state index in [4.69, 9.17) is 11.6 Å². The molecule has 0 aromatic carbocycles. The van der Waals surface area contributed by atoms with E-state index in [2.05, 4.69) is 15.5 Å². The fourth-order valence-electron chi connectivity index (χ4n) is 0.563. The van der Waals surface area contributed by atoms with Crippen molar-refractivity contribution in [3.8, 4) is 0 Å². The van der Waals surface area contributed by atoms with Crippen LogP contribution in [0.3, 0.4) is 0 Å². The van der Waals surface area contributed by atoms with Crippen LogP contribution in [0.2, 0.25) is 0 Å². The van der Waals surface area contributed by atoms with Gasteiger partial charge in [0.15, 0.2) is 0 Å². The molecule has 0 unspecified atom stereocenters. The summed E-state index contributed by atoms with van der Waals surface area (Å²) in [5.41, 5.74) is 0. The first-order valence-electron chi connectivity index (χ1n) is 3.24. The fraction of sp³-hybridized carbons (Fsp3) is 0.600. The number of nitrogens with zero attached hydrogens (tertiary/aromatic N) is 2. The Kier molecular flexibility index (Phi) is 3.32. The van der Waals surface area contributed by atoms with Gasteiger partial charge in [0.05, 0.1) is 0 Å². The van der Waals surface area contributed by atoms with Crippen LogP contribution in [0.5, 0.6) is 0 Å². The minimum Gasteiger partial charge on any atom is -0.359 e. The predicted octanol–water partition coefficient (Wildman–Crippen LogP) is 2.21. The molecule has 0 amide bonds. The molecule has 74 valence electrons. The molecular weight excluding hydrogens is 227 g/mol. The van der Waals surface area contributed by atoms with E-state index < -0.39 is 11.2 Å². The Morgan fingerprint density at radius 2 is 2.08 bits per heavy atom. The predicted molar refractivity (Wildman–Crippen MR) is 44.1 cm³/mol. The van der Waals surface area contributed by atoms with Crippen molar-refractivity contribution in [3.63, 3.8) is 0 Å². The highest BCUT2D eigenvalue weighted by molar-refractivity contribution is 7.15. The average molecular weight is 232 g/mol. The summed E-state index contributed by atoms with van der Waals surface area (Å²) in [6.45, 7) is 0.369. The molecule has 0 saturated carbocycles. The monoisotopic (exact) mass is 231 g/mol. The van der Waals surface area contributed by atoms with Gasteiger partial charge in [-0.15, -0.1) is 21.8 Å². The zero-order valence-corrected chi connectivity index (χ0v) is 7.80. The lowest BCUT2D eigenvalue weighted by Gasteiger charge is -1.98. The van der Waals surface area contributed by atoms with Crippen molar-refractivity contribution in [1.82, 2.24) is 10.2 Å². The Bertz CT molecular complexity index is 274. The highest BCUT2D eigenvalue weighted by Gasteiger charge is 2.35. The molecule has 3 nitrogen and oxygen atoms in total. The third-order valence-electron chi connectivity index (χ3n) is 1.04. The molecule has 0 aliphatic rings. The van der Waals surface area contributed by atoms with Gasteiger partial charge in [0.25, 0.3) is 0 Å². The number of rotatable bonds is 3. The molecule has 8 heteroatoms. The van der Waals surface area contributed by atoms with Crippen molar-refractivity contribution in [1.29, 1.82) is 0 Å². The van der Waals surface area contributed by atoms with Crippen molar-refractivity contribution in [2.45, 2.75) is 6.18 Å². The molecule has 0 aliphatic heterocycles. The Balaban J connectivity index is 2.64. The maximum absolute atomic E-state index is 12.0. The summed E-state index contributed by atoms with van der Waals surface area (Å²) in [4.78, 5) is 0. The Labute approximate surface area is 80.9 Å². The van der Waals surface area contributed by atoms with Gasteiger partial charge in [0.2, 0.25) is 10.1 Å². The van der Waals surface area contributed by atoms with Crippen molar-refractivity contribution in [2.24, 2.45) is 0 Å². The van der Waals surface area contributed by atoms with Gasteiger partial charge in [-0.3, -0.25) is 0 Å². The lowest BCUT2D eigenvalue weighted by Crippen LogP contribution is -2.03. The van der Waals surface area contributed by atoms with Crippen LogP contribution in [-0.2, 0) is 6.18 Å². The van der Waals surface area contributed by atoms with E-state index >= 15 is 0 Å². The molecule has 13 heavy (non-hydrogen) atoms. The second-order valence-corrected chi connectivity index (χ2v) is 3.38. The normalized spacial score (nSPS) is 11.7. The van der Waals surface area contributed by atoms with Crippen LogP contribution in [0.15, 0.2) is 0 Å². The maximum atomic E-state index is 12.0. The third-order valence-corrected chi connectivity index (χ3v) is 2.15. The van der Waals surface area contributed by atoms with Gasteiger partial charge < -0.3 is 5.32 Å². The molecule has 0 saturated heterocycles. The van der Waals surface area contributed by atoms with Crippen molar-refractivity contribution < 1.29 is 13.2 Å². The van der Waals surface area contributed by atoms with Gasteiger partial charge >= 0.3 is 6.18 Å². The highest BCUT2D eigenvalue weighted by Crippen LogP contribution is 2.32. The smallest absolute Gasteiger partial charge is 0.359 e. The molecule has 1 aromatic heterocycles. The van der Waals surface area contributed by atoms with Crippen LogP contribution in [0.1, 0.15) is 5.01 Å². The first kappa shape index (κ1) is 10.5. The molecular formula is C5H5ClF3N3S. The zero-order valence-electron chi connectivity index (χ0n) is 6.23. The van der Waals surface area contributed by atoms with E-state index in [0.29, 0.717) is 23.8 Å². The van der Waals surface area contributed by atoms with Crippen LogP contribution >= 0.6 is 22.9 Å². The summed E-state index contributed by atoms with van der Waals surface area (Å²) in [5.74, 6) is 0.306. The van der Waals surface area contributed by atoms with E-state index in [0.717, 1.165) is 0 Å². The zero-order chi connectivity index (χ0) is 9.90. The Hall–Kier alpha value is -0.560. The van der Waals surface area contributed by atoms with Crippen LogP contribution in [0, 0.1) is 0 Å².